The molecule has 0 bridgehead atoms. The molecular weight excluding hydrogens is 329 g/mol. The summed E-state index contributed by atoms with van der Waals surface area (Å²) in [5, 5.41) is 9.01. The van der Waals surface area contributed by atoms with Crippen LogP contribution in [0.4, 0.5) is 13.2 Å². The lowest BCUT2D eigenvalue weighted by Gasteiger charge is -2.07. The molecule has 110 valence electrons. The predicted octanol–water partition coefficient (Wildman–Crippen LogP) is 2.91. The van der Waals surface area contributed by atoms with Crippen molar-refractivity contribution in [3.05, 3.63) is 35.9 Å². The van der Waals surface area contributed by atoms with Gasteiger partial charge in [0.05, 0.1) is 4.88 Å². The van der Waals surface area contributed by atoms with Gasteiger partial charge in [0.2, 0.25) is 0 Å². The quantitative estimate of drug-likeness (QED) is 0.637. The molecule has 0 saturated heterocycles. The summed E-state index contributed by atoms with van der Waals surface area (Å²) in [5.74, 6) is -0.876. The van der Waals surface area contributed by atoms with Gasteiger partial charge in [-0.25, -0.2) is 0 Å². The molecule has 0 unspecified atom stereocenters. The number of benzene rings is 1. The molecule has 0 N–H and O–H groups in total. The van der Waals surface area contributed by atoms with Crippen molar-refractivity contribution in [2.45, 2.75) is 5.51 Å². The van der Waals surface area contributed by atoms with Gasteiger partial charge in [-0.15, -0.1) is 0 Å². The third-order valence-electron chi connectivity index (χ3n) is 2.28. The number of nitrogens with zero attached hydrogens (tertiary/aromatic N) is 2. The van der Waals surface area contributed by atoms with Gasteiger partial charge in [0.1, 0.15) is 11.6 Å². The van der Waals surface area contributed by atoms with Gasteiger partial charge >= 0.3 is 15.6 Å². The average molecular weight is 334 g/mol. The average Bonchev–Trinajstić information content (AvgIpc) is 2.80. The Hall–Kier alpha value is -2.12. The van der Waals surface area contributed by atoms with Crippen LogP contribution in [0.25, 0.3) is 10.4 Å². The van der Waals surface area contributed by atoms with E-state index in [1.807, 2.05) is 0 Å². The molecule has 0 amide bonds. The normalized spacial score (nSPS) is 11.9. The minimum atomic E-state index is -5.86. The highest BCUT2D eigenvalue weighted by Gasteiger charge is 2.49. The molecule has 1 aromatic heterocycles. The molecule has 1 aromatic carbocycles. The van der Waals surface area contributed by atoms with Crippen molar-refractivity contribution in [3.63, 3.8) is 0 Å². The van der Waals surface area contributed by atoms with Crippen LogP contribution in [0, 0.1) is 11.3 Å². The largest absolute Gasteiger partial charge is 0.534 e. The highest BCUT2D eigenvalue weighted by Crippen LogP contribution is 2.36. The summed E-state index contributed by atoms with van der Waals surface area (Å²) in [6.07, 6.45) is 0. The molecule has 0 saturated carbocycles. The number of rotatable bonds is 3. The van der Waals surface area contributed by atoms with Gasteiger partial charge < -0.3 is 4.18 Å². The lowest BCUT2D eigenvalue weighted by molar-refractivity contribution is -0.0501. The first-order valence-corrected chi connectivity index (χ1v) is 7.40. The Morgan fingerprint density at radius 3 is 2.38 bits per heavy atom. The highest BCUT2D eigenvalue weighted by molar-refractivity contribution is 7.88. The molecule has 10 heteroatoms. The summed E-state index contributed by atoms with van der Waals surface area (Å²) >= 11 is 0.676. The molecule has 0 radical (unpaired) electrons. The van der Waals surface area contributed by atoms with Crippen LogP contribution in [0.3, 0.4) is 0 Å². The molecule has 2 rings (SSSR count). The van der Waals surface area contributed by atoms with E-state index in [9.17, 15) is 21.6 Å². The first-order valence-electron chi connectivity index (χ1n) is 5.22. The summed E-state index contributed by atoms with van der Waals surface area (Å²) in [6.45, 7) is 0. The summed E-state index contributed by atoms with van der Waals surface area (Å²) in [5.41, 5.74) is -5.43. The maximum atomic E-state index is 12.3. The summed E-state index contributed by atoms with van der Waals surface area (Å²) in [6, 6.07) is 9.85. The number of hydrogen-bond acceptors (Lipinski definition) is 6. The molecule has 5 nitrogen and oxygen atoms in total. The number of aromatic nitrogens is 1. The minimum absolute atomic E-state index is 0.227. The lowest BCUT2D eigenvalue weighted by Crippen LogP contribution is -2.28. The van der Waals surface area contributed by atoms with Gasteiger partial charge in [0.25, 0.3) is 5.88 Å². The zero-order valence-corrected chi connectivity index (χ0v) is 11.6. The van der Waals surface area contributed by atoms with E-state index in [0.717, 1.165) is 0 Å². The predicted molar refractivity (Wildman–Crippen MR) is 67.9 cm³/mol. The van der Waals surface area contributed by atoms with Gasteiger partial charge in [-0.1, -0.05) is 30.3 Å². The summed E-state index contributed by atoms with van der Waals surface area (Å²) in [7, 11) is -5.86. The standard InChI is InChI=1S/C11H5F3N2O3S2/c12-11(13,14)21(17,18)19-10-8(6-15)9(20-16-10)7-4-2-1-3-5-7/h1-5H. The van der Waals surface area contributed by atoms with Crippen molar-refractivity contribution in [1.82, 2.24) is 4.37 Å². The second-order valence-corrected chi connectivity index (χ2v) is 5.96. The van der Waals surface area contributed by atoms with Crippen molar-refractivity contribution in [2.24, 2.45) is 0 Å². The van der Waals surface area contributed by atoms with Crippen molar-refractivity contribution >= 4 is 21.7 Å². The lowest BCUT2D eigenvalue weighted by atomic mass is 10.1. The van der Waals surface area contributed by atoms with Gasteiger partial charge in [0, 0.05) is 0 Å². The molecule has 0 aliphatic rings. The topological polar surface area (TPSA) is 80.0 Å². The fourth-order valence-electron chi connectivity index (χ4n) is 1.37. The first kappa shape index (κ1) is 15.3. The first-order chi connectivity index (χ1) is 9.76. The van der Waals surface area contributed by atoms with Crippen molar-refractivity contribution in [1.29, 1.82) is 5.26 Å². The number of alkyl halides is 3. The van der Waals surface area contributed by atoms with E-state index >= 15 is 0 Å². The van der Waals surface area contributed by atoms with Crippen molar-refractivity contribution in [2.75, 3.05) is 0 Å². The Kier molecular flexibility index (Phi) is 3.89. The minimum Gasteiger partial charge on any atom is -0.353 e. The van der Waals surface area contributed by atoms with Crippen LogP contribution < -0.4 is 4.18 Å². The van der Waals surface area contributed by atoms with E-state index in [4.69, 9.17) is 5.26 Å². The zero-order valence-electron chi connectivity index (χ0n) is 9.96. The third-order valence-corrected chi connectivity index (χ3v) is 4.10. The molecule has 0 atom stereocenters. The second kappa shape index (κ2) is 5.34. The Bertz CT molecular complexity index is 792. The number of nitriles is 1. The van der Waals surface area contributed by atoms with E-state index in [1.54, 1.807) is 36.4 Å². The second-order valence-electron chi connectivity index (χ2n) is 3.65. The Balaban J connectivity index is 2.46. The van der Waals surface area contributed by atoms with Crippen LogP contribution in [0.2, 0.25) is 0 Å². The van der Waals surface area contributed by atoms with Crippen LogP contribution in [-0.2, 0) is 10.1 Å². The maximum Gasteiger partial charge on any atom is 0.534 e. The van der Waals surface area contributed by atoms with Gasteiger partial charge in [-0.3, -0.25) is 0 Å². The van der Waals surface area contributed by atoms with E-state index < -0.39 is 21.5 Å². The van der Waals surface area contributed by atoms with E-state index in [-0.39, 0.29) is 10.4 Å². The fraction of sp³-hybridized carbons (Fsp3) is 0.0909. The van der Waals surface area contributed by atoms with Crippen LogP contribution >= 0.6 is 11.5 Å². The van der Waals surface area contributed by atoms with Crippen molar-refractivity contribution in [3.8, 4) is 22.4 Å². The summed E-state index contributed by atoms with van der Waals surface area (Å²) in [4.78, 5) is 0.227. The van der Waals surface area contributed by atoms with Crippen LogP contribution in [0.5, 0.6) is 5.88 Å². The number of hydrogen-bond donors (Lipinski definition) is 0. The number of halogens is 3. The molecule has 0 aliphatic heterocycles. The molecule has 0 fully saturated rings. The van der Waals surface area contributed by atoms with Gasteiger partial charge in [-0.05, 0) is 17.1 Å². The molecule has 2 aromatic rings. The molecule has 0 spiro atoms. The van der Waals surface area contributed by atoms with Gasteiger partial charge in [0.15, 0.2) is 0 Å². The van der Waals surface area contributed by atoms with E-state index in [2.05, 4.69) is 8.56 Å². The Morgan fingerprint density at radius 2 is 1.86 bits per heavy atom. The smallest absolute Gasteiger partial charge is 0.353 e. The van der Waals surface area contributed by atoms with Crippen LogP contribution in [-0.4, -0.2) is 18.3 Å². The Labute approximate surface area is 121 Å². The molecular formula is C11H5F3N2O3S2. The van der Waals surface area contributed by atoms with Crippen LogP contribution in [0.15, 0.2) is 30.3 Å². The fourth-order valence-corrected chi connectivity index (χ4v) is 2.61. The zero-order chi connectivity index (χ0) is 15.7. The van der Waals surface area contributed by atoms with Crippen molar-refractivity contribution < 1.29 is 25.8 Å². The monoisotopic (exact) mass is 334 g/mol. The van der Waals surface area contributed by atoms with Crippen LogP contribution in [0.1, 0.15) is 5.56 Å². The molecule has 1 heterocycles. The SMILES string of the molecule is N#Cc1c(OS(=O)(=O)C(F)(F)F)nsc1-c1ccccc1. The summed E-state index contributed by atoms with van der Waals surface area (Å²) < 4.78 is 66.1. The Morgan fingerprint density at radius 1 is 1.24 bits per heavy atom. The molecule has 0 aliphatic carbocycles. The molecule has 21 heavy (non-hydrogen) atoms. The van der Waals surface area contributed by atoms with E-state index in [1.165, 1.54) is 0 Å². The highest BCUT2D eigenvalue weighted by atomic mass is 32.2. The maximum absolute atomic E-state index is 12.3. The third kappa shape index (κ3) is 2.98. The van der Waals surface area contributed by atoms with Gasteiger partial charge in [-0.2, -0.15) is 31.2 Å². The van der Waals surface area contributed by atoms with E-state index in [0.29, 0.717) is 17.1 Å².